The number of carboxylic acids is 1. The van der Waals surface area contributed by atoms with E-state index in [-0.39, 0.29) is 45.9 Å². The lowest BCUT2D eigenvalue weighted by Crippen LogP contribution is -2.74. The second kappa shape index (κ2) is 10.5. The topological polar surface area (TPSA) is 173 Å². The molecule has 0 saturated carbocycles. The maximum absolute atomic E-state index is 13.0. The van der Waals surface area contributed by atoms with Crippen LogP contribution in [0.25, 0.3) is 0 Å². The highest BCUT2D eigenvalue weighted by atomic mass is 32.2. The number of anilines is 1. The third kappa shape index (κ3) is 4.99. The smallest absolute Gasteiger partial charge is 0.313 e. The van der Waals surface area contributed by atoms with E-state index in [0.29, 0.717) is 17.4 Å². The van der Waals surface area contributed by atoms with E-state index in [1.807, 2.05) is 6.92 Å². The van der Waals surface area contributed by atoms with Crippen LogP contribution in [0.1, 0.15) is 19.0 Å². The quantitative estimate of drug-likeness (QED) is 0.128. The summed E-state index contributed by atoms with van der Waals surface area (Å²) in [5.74, 6) is -1.38. The molecule has 0 spiro atoms. The Kier molecular flexibility index (Phi) is 7.59. The third-order valence-corrected chi connectivity index (χ3v) is 9.54. The Morgan fingerprint density at radius 2 is 2.29 bits per heavy atom. The molecule has 2 aliphatic heterocycles. The number of carbonyl (C=O) groups excluding carboxylic acids is 2. The minimum Gasteiger partial charge on any atom is -0.481 e. The van der Waals surface area contributed by atoms with E-state index >= 15 is 0 Å². The molecule has 2 fully saturated rings. The summed E-state index contributed by atoms with van der Waals surface area (Å²) in [6.07, 6.45) is 0.703. The van der Waals surface area contributed by atoms with Crippen LogP contribution in [0, 0.1) is 5.41 Å². The lowest BCUT2D eigenvalue weighted by Gasteiger charge is -2.53. The van der Waals surface area contributed by atoms with E-state index in [9.17, 15) is 19.5 Å². The molecule has 0 radical (unpaired) electrons. The summed E-state index contributed by atoms with van der Waals surface area (Å²) < 4.78 is 0.674. The standard InChI is InChI=1S/C18H21N7O5S4/c1-2-3-30-24-10(9-4-31-16(19)21-9)12(26)22-11-13(27)25-5-18(15(28)29,6-32-14(11)25)7-33-17-23-20-8-34-17/h4,8,11,14H,2-3,5-7H2,1H3,(H2,19,21)(H,22,26)(H,28,29)/t11?,14-,18?/m1/s1. The molecule has 0 bridgehead atoms. The fourth-order valence-electron chi connectivity index (χ4n) is 3.34. The van der Waals surface area contributed by atoms with E-state index in [1.54, 1.807) is 10.9 Å². The van der Waals surface area contributed by atoms with Gasteiger partial charge in [0.15, 0.2) is 15.2 Å². The molecule has 3 atom stereocenters. The lowest BCUT2D eigenvalue weighted by atomic mass is 9.89. The van der Waals surface area contributed by atoms with Crippen molar-refractivity contribution in [3.8, 4) is 0 Å². The van der Waals surface area contributed by atoms with Gasteiger partial charge in [0.1, 0.15) is 34.6 Å². The Morgan fingerprint density at radius 1 is 1.47 bits per heavy atom. The molecule has 4 rings (SSSR count). The van der Waals surface area contributed by atoms with Gasteiger partial charge >= 0.3 is 5.97 Å². The Morgan fingerprint density at radius 3 is 2.94 bits per heavy atom. The van der Waals surface area contributed by atoms with Gasteiger partial charge in [0, 0.05) is 23.4 Å². The molecule has 2 unspecified atom stereocenters. The minimum absolute atomic E-state index is 0.0557. The summed E-state index contributed by atoms with van der Waals surface area (Å²) in [6.45, 7) is 2.28. The first kappa shape index (κ1) is 24.7. The predicted octanol–water partition coefficient (Wildman–Crippen LogP) is 0.971. The maximum Gasteiger partial charge on any atom is 0.313 e. The molecule has 182 valence electrons. The van der Waals surface area contributed by atoms with Gasteiger partial charge in [0.2, 0.25) is 5.91 Å². The number of nitrogens with two attached hydrogens (primary N) is 1. The Bertz CT molecular complexity index is 1090. The van der Waals surface area contributed by atoms with Crippen molar-refractivity contribution < 1.29 is 24.3 Å². The summed E-state index contributed by atoms with van der Waals surface area (Å²) in [4.78, 5) is 48.7. The molecule has 4 N–H and O–H groups in total. The van der Waals surface area contributed by atoms with Gasteiger partial charge < -0.3 is 25.9 Å². The Hall–Kier alpha value is -2.43. The van der Waals surface area contributed by atoms with Crippen LogP contribution in [0.3, 0.4) is 0 Å². The van der Waals surface area contributed by atoms with Gasteiger partial charge in [-0.2, -0.15) is 0 Å². The van der Waals surface area contributed by atoms with Crippen LogP contribution in [0.15, 0.2) is 20.4 Å². The number of thiazole rings is 1. The molecule has 0 aliphatic carbocycles. The first-order valence-electron chi connectivity index (χ1n) is 10.1. The number of rotatable bonds is 10. The van der Waals surface area contributed by atoms with Gasteiger partial charge in [-0.15, -0.1) is 33.3 Å². The van der Waals surface area contributed by atoms with Crippen molar-refractivity contribution in [3.63, 3.8) is 0 Å². The number of aliphatic carboxylic acids is 1. The summed E-state index contributed by atoms with van der Waals surface area (Å²) in [6, 6.07) is -0.799. The second-order valence-corrected chi connectivity index (χ2v) is 11.6. The van der Waals surface area contributed by atoms with E-state index in [2.05, 4.69) is 25.7 Å². The number of oxime groups is 1. The molecule has 0 aromatic carbocycles. The zero-order chi connectivity index (χ0) is 24.3. The molecule has 34 heavy (non-hydrogen) atoms. The summed E-state index contributed by atoms with van der Waals surface area (Å²) in [7, 11) is 0. The van der Waals surface area contributed by atoms with E-state index in [4.69, 9.17) is 10.6 Å². The van der Waals surface area contributed by atoms with Crippen LogP contribution < -0.4 is 11.1 Å². The molecule has 2 saturated heterocycles. The van der Waals surface area contributed by atoms with Crippen LogP contribution in [0.4, 0.5) is 5.13 Å². The number of aromatic nitrogens is 3. The molecule has 2 aromatic rings. The highest BCUT2D eigenvalue weighted by molar-refractivity contribution is 8.01. The number of thioether (sulfide) groups is 2. The molecular weight excluding hydrogens is 523 g/mol. The number of carbonyl (C=O) groups is 3. The van der Waals surface area contributed by atoms with Crippen molar-refractivity contribution in [2.24, 2.45) is 10.6 Å². The third-order valence-electron chi connectivity index (χ3n) is 5.13. The lowest BCUT2D eigenvalue weighted by molar-refractivity contribution is -0.157. The predicted molar refractivity (Wildman–Crippen MR) is 130 cm³/mol. The first-order chi connectivity index (χ1) is 16.3. The van der Waals surface area contributed by atoms with Gasteiger partial charge in [-0.05, 0) is 6.42 Å². The van der Waals surface area contributed by atoms with Gasteiger partial charge in [0.25, 0.3) is 5.91 Å². The number of hydrogen-bond donors (Lipinski definition) is 3. The summed E-state index contributed by atoms with van der Waals surface area (Å²) >= 11 is 5.13. The number of nitrogen functional groups attached to an aromatic ring is 1. The van der Waals surface area contributed by atoms with Gasteiger partial charge in [-0.25, -0.2) is 4.98 Å². The van der Waals surface area contributed by atoms with Gasteiger partial charge in [0.05, 0.1) is 0 Å². The van der Waals surface area contributed by atoms with Crippen molar-refractivity contribution in [2.45, 2.75) is 29.1 Å². The zero-order valence-corrected chi connectivity index (χ0v) is 21.1. The van der Waals surface area contributed by atoms with Crippen molar-refractivity contribution in [1.82, 2.24) is 25.4 Å². The van der Waals surface area contributed by atoms with Crippen LogP contribution in [-0.4, -0.2) is 84.8 Å². The fourth-order valence-corrected chi connectivity index (χ4v) is 7.24. The van der Waals surface area contributed by atoms with Gasteiger partial charge in [-0.1, -0.05) is 35.2 Å². The van der Waals surface area contributed by atoms with Crippen LogP contribution in [0.2, 0.25) is 0 Å². The number of β-lactam (4-membered cyclic amide) rings is 1. The monoisotopic (exact) mass is 543 g/mol. The molecule has 2 aromatic heterocycles. The molecular formula is C18H21N7O5S4. The number of carboxylic acid groups (broad SMARTS) is 1. The van der Waals surface area contributed by atoms with E-state index < -0.39 is 23.3 Å². The van der Waals surface area contributed by atoms with Crippen LogP contribution in [0.5, 0.6) is 0 Å². The summed E-state index contributed by atoms with van der Waals surface area (Å²) in [5.41, 5.74) is 6.33. The number of amides is 2. The normalized spacial score (nSPS) is 24.3. The zero-order valence-electron chi connectivity index (χ0n) is 17.9. The van der Waals surface area contributed by atoms with E-state index in [0.717, 1.165) is 11.3 Å². The van der Waals surface area contributed by atoms with E-state index in [1.165, 1.54) is 39.8 Å². The fraction of sp³-hybridized carbons (Fsp3) is 0.500. The first-order valence-corrected chi connectivity index (χ1v) is 13.9. The highest BCUT2D eigenvalue weighted by Crippen LogP contribution is 2.44. The minimum atomic E-state index is -1.12. The highest BCUT2D eigenvalue weighted by Gasteiger charge is 2.57. The van der Waals surface area contributed by atoms with Crippen molar-refractivity contribution in [1.29, 1.82) is 0 Å². The number of nitrogens with zero attached hydrogens (tertiary/aromatic N) is 5. The molecule has 2 amide bonds. The number of hydrogen-bond acceptors (Lipinski definition) is 13. The molecule has 16 heteroatoms. The average molecular weight is 544 g/mol. The van der Waals surface area contributed by atoms with Crippen molar-refractivity contribution in [3.05, 3.63) is 16.6 Å². The van der Waals surface area contributed by atoms with Crippen molar-refractivity contribution >= 4 is 74.8 Å². The van der Waals surface area contributed by atoms with Gasteiger partial charge in [-0.3, -0.25) is 14.4 Å². The largest absolute Gasteiger partial charge is 0.481 e. The number of nitrogens with one attached hydrogen (secondary N) is 1. The SMILES string of the molecule is CCCON=C(C(=O)NC1C(=O)N2CC(CSc3nncs3)(C(=O)O)CS[C@H]12)c1csc(N)n1. The van der Waals surface area contributed by atoms with Crippen molar-refractivity contribution in [2.75, 3.05) is 30.4 Å². The Balaban J connectivity index is 1.42. The molecule has 4 heterocycles. The molecule has 12 nitrogen and oxygen atoms in total. The van der Waals surface area contributed by atoms with Crippen LogP contribution >= 0.6 is 46.2 Å². The molecule has 2 aliphatic rings. The summed E-state index contributed by atoms with van der Waals surface area (Å²) in [5, 5.41) is 25.7. The maximum atomic E-state index is 13.0. The Labute approximate surface area is 210 Å². The number of fused-ring (bicyclic) bond motifs is 1. The average Bonchev–Trinajstić information content (AvgIpc) is 3.50. The second-order valence-electron chi connectivity index (χ2n) is 7.54. The van der Waals surface area contributed by atoms with Crippen LogP contribution in [-0.2, 0) is 19.2 Å².